The Morgan fingerprint density at radius 1 is 0.881 bits per heavy atom. The van der Waals surface area contributed by atoms with E-state index in [4.69, 9.17) is 13.9 Å². The summed E-state index contributed by atoms with van der Waals surface area (Å²) < 4.78 is 17.5. The van der Waals surface area contributed by atoms with Gasteiger partial charge in [-0.25, -0.2) is 4.79 Å². The molecule has 4 rings (SSSR count). The highest BCUT2D eigenvalue weighted by Gasteiger charge is 2.09. The molecule has 0 aliphatic heterocycles. The van der Waals surface area contributed by atoms with Crippen molar-refractivity contribution in [2.75, 3.05) is 26.7 Å². The number of carbonyl (C=O) groups is 1. The number of hydrogen-bond donors (Lipinski definition) is 1. The van der Waals surface area contributed by atoms with Gasteiger partial charge in [-0.3, -0.25) is 4.79 Å². The van der Waals surface area contributed by atoms with Crippen molar-refractivity contribution in [1.29, 1.82) is 0 Å². The van der Waals surface area contributed by atoms with Gasteiger partial charge in [0.05, 0.1) is 12.0 Å². The van der Waals surface area contributed by atoms with Crippen molar-refractivity contribution >= 4 is 29.5 Å². The van der Waals surface area contributed by atoms with Gasteiger partial charge in [-0.2, -0.15) is 0 Å². The lowest BCUT2D eigenvalue weighted by Crippen LogP contribution is -2.27. The molecule has 0 atom stereocenters. The average Bonchev–Trinajstić information content (AvgIpc) is 2.97. The number of fused-ring (bicyclic) bond motifs is 1. The highest BCUT2D eigenvalue weighted by molar-refractivity contribution is 5.85. The van der Waals surface area contributed by atoms with Crippen LogP contribution in [0.5, 0.6) is 11.5 Å². The fourth-order valence-corrected chi connectivity index (χ4v) is 4.65. The van der Waals surface area contributed by atoms with E-state index in [1.807, 2.05) is 48.5 Å². The van der Waals surface area contributed by atoms with Gasteiger partial charge in [0.1, 0.15) is 22.8 Å². The summed E-state index contributed by atoms with van der Waals surface area (Å²) in [4.78, 5) is 26.9. The number of carbonyl (C=O) groups excluding carboxylic acids is 1. The molecule has 42 heavy (non-hydrogen) atoms. The van der Waals surface area contributed by atoms with Crippen molar-refractivity contribution in [3.8, 4) is 22.8 Å². The molecule has 8 heteroatoms. The zero-order valence-corrected chi connectivity index (χ0v) is 25.3. The van der Waals surface area contributed by atoms with E-state index in [1.54, 1.807) is 24.3 Å². The summed E-state index contributed by atoms with van der Waals surface area (Å²) in [5.41, 5.74) is 2.35. The van der Waals surface area contributed by atoms with E-state index in [2.05, 4.69) is 24.2 Å². The van der Waals surface area contributed by atoms with Crippen LogP contribution in [0.25, 0.3) is 22.3 Å². The molecule has 3 aromatic carbocycles. The lowest BCUT2D eigenvalue weighted by atomic mass is 10.1. The molecule has 1 aromatic heterocycles. The predicted molar refractivity (Wildman–Crippen MR) is 171 cm³/mol. The third-order valence-corrected chi connectivity index (χ3v) is 6.82. The minimum Gasteiger partial charge on any atom is -0.493 e. The van der Waals surface area contributed by atoms with Gasteiger partial charge < -0.3 is 24.1 Å². The molecule has 0 spiro atoms. The fourth-order valence-electron chi connectivity index (χ4n) is 4.65. The van der Waals surface area contributed by atoms with Gasteiger partial charge in [-0.05, 0) is 49.7 Å². The second-order valence-electron chi connectivity index (χ2n) is 10.3. The number of hydrogen-bond acceptors (Lipinski definition) is 6. The minimum atomic E-state index is -0.410. The Hall–Kier alpha value is -3.81. The van der Waals surface area contributed by atoms with E-state index in [1.165, 1.54) is 25.3 Å². The second kappa shape index (κ2) is 17.2. The van der Waals surface area contributed by atoms with E-state index in [0.717, 1.165) is 43.5 Å². The number of unbranched alkanes of at least 4 members (excludes halogenated alkanes) is 4. The minimum absolute atomic E-state index is 0. The first-order valence-electron chi connectivity index (χ1n) is 14.5. The number of ether oxygens (including phenoxy) is 2. The number of rotatable bonds is 15. The van der Waals surface area contributed by atoms with E-state index in [0.29, 0.717) is 41.4 Å². The number of amides is 1. The molecular formula is C34H41ClN2O5. The Balaban J connectivity index is 0.00000484. The zero-order valence-electron chi connectivity index (χ0n) is 24.5. The van der Waals surface area contributed by atoms with Crippen LogP contribution < -0.4 is 20.2 Å². The molecular weight excluding hydrogens is 552 g/mol. The molecule has 0 saturated heterocycles. The maximum atomic E-state index is 12.6. The van der Waals surface area contributed by atoms with E-state index >= 15 is 0 Å². The monoisotopic (exact) mass is 592 g/mol. The largest absolute Gasteiger partial charge is 0.493 e. The van der Waals surface area contributed by atoms with Gasteiger partial charge >= 0.3 is 6.09 Å². The van der Waals surface area contributed by atoms with Crippen LogP contribution in [-0.2, 0) is 6.54 Å². The lowest BCUT2D eigenvalue weighted by Gasteiger charge is -2.17. The summed E-state index contributed by atoms with van der Waals surface area (Å²) >= 11 is 0. The summed E-state index contributed by atoms with van der Waals surface area (Å²) in [7, 11) is 2.05. The Morgan fingerprint density at radius 3 is 2.50 bits per heavy atom. The molecule has 4 aromatic rings. The molecule has 0 aliphatic rings. The van der Waals surface area contributed by atoms with Crippen LogP contribution in [-0.4, -0.2) is 37.7 Å². The van der Waals surface area contributed by atoms with Crippen LogP contribution in [0.1, 0.15) is 51.0 Å². The third kappa shape index (κ3) is 10.2. The molecule has 7 nitrogen and oxygen atoms in total. The van der Waals surface area contributed by atoms with Gasteiger partial charge in [0.25, 0.3) is 0 Å². The van der Waals surface area contributed by atoms with Crippen LogP contribution in [0.15, 0.2) is 88.1 Å². The van der Waals surface area contributed by atoms with Crippen LogP contribution in [0.3, 0.4) is 0 Å². The van der Waals surface area contributed by atoms with Crippen molar-refractivity contribution in [2.45, 2.75) is 52.0 Å². The first kappa shape index (κ1) is 32.7. The predicted octanol–water partition coefficient (Wildman–Crippen LogP) is 7.84. The summed E-state index contributed by atoms with van der Waals surface area (Å²) in [5.74, 6) is 1.74. The Morgan fingerprint density at radius 2 is 1.69 bits per heavy atom. The normalized spacial score (nSPS) is 10.8. The zero-order chi connectivity index (χ0) is 28.9. The SMILES string of the molecule is CCCCCCCNC(=O)Oc1cccc(CN(C)CCCOc2ccc3c(=O)cc(-c4ccccc4)oc3c2)c1.Cl. The standard InChI is InChI=1S/C34H40N2O5.ClH/c1-3-4-5-6-10-19-35-34(38)40-29-16-11-13-26(22-29)25-36(2)20-12-21-39-28-17-18-30-31(37)24-32(41-33(30)23-28)27-14-8-7-9-15-27;/h7-9,11,13-18,22-24H,3-6,10,12,19-21,25H2,1-2H3,(H,35,38);1H. The topological polar surface area (TPSA) is 81.0 Å². The maximum absolute atomic E-state index is 12.6. The molecule has 0 unspecified atom stereocenters. The Kier molecular flexibility index (Phi) is 13.4. The van der Waals surface area contributed by atoms with Crippen molar-refractivity contribution in [1.82, 2.24) is 10.2 Å². The van der Waals surface area contributed by atoms with Crippen molar-refractivity contribution in [2.24, 2.45) is 0 Å². The fraction of sp³-hybridized carbons (Fsp3) is 0.353. The molecule has 0 radical (unpaired) electrons. The Bertz CT molecular complexity index is 1460. The maximum Gasteiger partial charge on any atom is 0.412 e. The number of nitrogens with zero attached hydrogens (tertiary/aromatic N) is 1. The lowest BCUT2D eigenvalue weighted by molar-refractivity contribution is 0.200. The van der Waals surface area contributed by atoms with E-state index < -0.39 is 6.09 Å². The summed E-state index contributed by atoms with van der Waals surface area (Å²) in [6, 6.07) is 24.1. The van der Waals surface area contributed by atoms with Crippen LogP contribution in [0.2, 0.25) is 0 Å². The molecule has 1 N–H and O–H groups in total. The van der Waals surface area contributed by atoms with Crippen LogP contribution in [0.4, 0.5) is 4.79 Å². The van der Waals surface area contributed by atoms with E-state index in [-0.39, 0.29) is 17.8 Å². The molecule has 0 saturated carbocycles. The molecule has 0 aliphatic carbocycles. The van der Waals surface area contributed by atoms with Gasteiger partial charge in [0.15, 0.2) is 5.43 Å². The van der Waals surface area contributed by atoms with Crippen molar-refractivity contribution in [3.63, 3.8) is 0 Å². The van der Waals surface area contributed by atoms with E-state index in [9.17, 15) is 9.59 Å². The number of benzene rings is 3. The second-order valence-corrected chi connectivity index (χ2v) is 10.3. The third-order valence-electron chi connectivity index (χ3n) is 6.82. The quantitative estimate of drug-likeness (QED) is 0.142. The van der Waals surface area contributed by atoms with Gasteiger partial charge in [0, 0.05) is 37.3 Å². The molecule has 224 valence electrons. The Labute approximate surface area is 254 Å². The average molecular weight is 593 g/mol. The summed E-state index contributed by atoms with van der Waals surface area (Å²) in [6.45, 7) is 4.90. The van der Waals surface area contributed by atoms with Crippen molar-refractivity contribution < 1.29 is 18.7 Å². The smallest absolute Gasteiger partial charge is 0.412 e. The first-order valence-corrected chi connectivity index (χ1v) is 14.5. The summed E-state index contributed by atoms with van der Waals surface area (Å²) in [6.07, 6.45) is 6.14. The van der Waals surface area contributed by atoms with Crippen LogP contribution in [0, 0.1) is 0 Å². The summed E-state index contributed by atoms with van der Waals surface area (Å²) in [5, 5.41) is 3.36. The highest BCUT2D eigenvalue weighted by atomic mass is 35.5. The molecule has 1 amide bonds. The number of nitrogens with one attached hydrogen (secondary N) is 1. The molecule has 1 heterocycles. The molecule has 0 fully saturated rings. The van der Waals surface area contributed by atoms with Crippen LogP contribution >= 0.6 is 12.4 Å². The van der Waals surface area contributed by atoms with Gasteiger partial charge in [0.2, 0.25) is 0 Å². The van der Waals surface area contributed by atoms with Gasteiger partial charge in [-0.15, -0.1) is 12.4 Å². The number of halogens is 1. The van der Waals surface area contributed by atoms with Gasteiger partial charge in [-0.1, -0.05) is 75.1 Å². The van der Waals surface area contributed by atoms with Crippen molar-refractivity contribution in [3.05, 3.63) is 94.6 Å². The highest BCUT2D eigenvalue weighted by Crippen LogP contribution is 2.25. The molecule has 0 bridgehead atoms. The first-order chi connectivity index (χ1) is 20.0.